The summed E-state index contributed by atoms with van der Waals surface area (Å²) >= 11 is 0. The van der Waals surface area contributed by atoms with E-state index in [4.69, 9.17) is 0 Å². The van der Waals surface area contributed by atoms with Gasteiger partial charge in [0.1, 0.15) is 11.4 Å². The lowest BCUT2D eigenvalue weighted by atomic mass is 10.0. The highest BCUT2D eigenvalue weighted by Gasteiger charge is 2.37. The molecule has 1 heterocycles. The molecule has 0 aliphatic carbocycles. The second kappa shape index (κ2) is 9.13. The number of hydrogen-bond donors (Lipinski definition) is 3. The molecule has 0 bridgehead atoms. The van der Waals surface area contributed by atoms with E-state index in [0.29, 0.717) is 5.56 Å². The van der Waals surface area contributed by atoms with Crippen molar-refractivity contribution in [3.63, 3.8) is 0 Å². The Morgan fingerprint density at radius 1 is 1.00 bits per heavy atom. The summed E-state index contributed by atoms with van der Waals surface area (Å²) in [6.45, 7) is 2.12. The van der Waals surface area contributed by atoms with E-state index >= 15 is 0 Å². The molecule has 0 fully saturated rings. The molecule has 3 N–H and O–H groups in total. The number of anilines is 2. The van der Waals surface area contributed by atoms with Crippen molar-refractivity contribution in [2.24, 2.45) is 10.2 Å². The summed E-state index contributed by atoms with van der Waals surface area (Å²) in [5.41, 5.74) is 0.318. The number of carbonyl (C=O) groups is 2. The van der Waals surface area contributed by atoms with Crippen LogP contribution < -0.4 is 10.4 Å². The molecule has 0 unspecified atom stereocenters. The first kappa shape index (κ1) is 24.4. The van der Waals surface area contributed by atoms with Crippen molar-refractivity contribution >= 4 is 34.7 Å². The van der Waals surface area contributed by atoms with Crippen LogP contribution in [0.1, 0.15) is 22.8 Å². The van der Waals surface area contributed by atoms with Crippen LogP contribution in [0.25, 0.3) is 11.1 Å². The van der Waals surface area contributed by atoms with E-state index in [1.54, 1.807) is 6.07 Å². The third-order valence-electron chi connectivity index (χ3n) is 5.40. The van der Waals surface area contributed by atoms with Crippen LogP contribution in [0.2, 0.25) is 0 Å². The van der Waals surface area contributed by atoms with Gasteiger partial charge in [-0.3, -0.25) is 10.2 Å². The Bertz CT molecular complexity index is 1470. The Labute approximate surface area is 200 Å². The fourth-order valence-corrected chi connectivity index (χ4v) is 3.50. The molecule has 0 atom stereocenters. The fourth-order valence-electron chi connectivity index (χ4n) is 3.50. The van der Waals surface area contributed by atoms with Crippen molar-refractivity contribution in [1.29, 1.82) is 0 Å². The van der Waals surface area contributed by atoms with Crippen LogP contribution in [-0.4, -0.2) is 33.5 Å². The molecule has 3 aromatic rings. The van der Waals surface area contributed by atoms with Gasteiger partial charge in [-0.05, 0) is 37.6 Å². The largest absolute Gasteiger partial charge is 0.505 e. The van der Waals surface area contributed by atoms with Crippen molar-refractivity contribution in [2.75, 3.05) is 10.4 Å². The van der Waals surface area contributed by atoms with Gasteiger partial charge in [0.05, 0.1) is 17.0 Å². The van der Waals surface area contributed by atoms with Gasteiger partial charge in [0.2, 0.25) is 0 Å². The SMILES string of the molecule is CC1=NN(c2c(F)c(F)c(C)c(F)c2F)C(=O)C1=NNc1cccc(-c2cccc(C(=O)O)c2)c1O. The number of carboxylic acid groups (broad SMARTS) is 1. The highest BCUT2D eigenvalue weighted by Crippen LogP contribution is 2.36. The first-order valence-corrected chi connectivity index (χ1v) is 10.2. The number of aromatic carboxylic acids is 1. The normalized spacial score (nSPS) is 14.4. The van der Waals surface area contributed by atoms with Crippen molar-refractivity contribution in [2.45, 2.75) is 13.8 Å². The molecule has 0 radical (unpaired) electrons. The van der Waals surface area contributed by atoms with Crippen LogP contribution in [0.5, 0.6) is 5.75 Å². The van der Waals surface area contributed by atoms with Gasteiger partial charge < -0.3 is 10.2 Å². The lowest BCUT2D eigenvalue weighted by Crippen LogP contribution is -2.30. The van der Waals surface area contributed by atoms with Gasteiger partial charge in [-0.2, -0.15) is 15.2 Å². The van der Waals surface area contributed by atoms with E-state index in [1.807, 2.05) is 0 Å². The summed E-state index contributed by atoms with van der Waals surface area (Å²) in [6, 6.07) is 10.3. The molecule has 4 rings (SSSR count). The third kappa shape index (κ3) is 4.02. The van der Waals surface area contributed by atoms with E-state index in [0.717, 1.165) is 6.92 Å². The predicted molar refractivity (Wildman–Crippen MR) is 123 cm³/mol. The zero-order valence-electron chi connectivity index (χ0n) is 18.6. The molecular formula is C24H16F4N4O4. The number of phenolic OH excluding ortho intramolecular Hbond substituents is 1. The maximum atomic E-state index is 14.4. The van der Waals surface area contributed by atoms with E-state index in [1.165, 1.54) is 43.3 Å². The minimum absolute atomic E-state index is 0.00238. The van der Waals surface area contributed by atoms with Gasteiger partial charge in [0.25, 0.3) is 0 Å². The van der Waals surface area contributed by atoms with Crippen LogP contribution >= 0.6 is 0 Å². The third-order valence-corrected chi connectivity index (χ3v) is 5.40. The number of carbonyl (C=O) groups excluding carboxylic acids is 1. The van der Waals surface area contributed by atoms with Crippen LogP contribution in [0.4, 0.5) is 28.9 Å². The summed E-state index contributed by atoms with van der Waals surface area (Å²) < 4.78 is 56.8. The molecule has 0 saturated carbocycles. The molecule has 1 amide bonds. The summed E-state index contributed by atoms with van der Waals surface area (Å²) in [6.07, 6.45) is 0. The molecule has 0 saturated heterocycles. The Morgan fingerprint density at radius 2 is 1.64 bits per heavy atom. The molecule has 3 aromatic carbocycles. The van der Waals surface area contributed by atoms with Gasteiger partial charge in [0.15, 0.2) is 29.0 Å². The number of hydrogen-bond acceptors (Lipinski definition) is 6. The van der Waals surface area contributed by atoms with E-state index < -0.39 is 52.1 Å². The zero-order chi connectivity index (χ0) is 26.3. The van der Waals surface area contributed by atoms with Crippen molar-refractivity contribution in [3.05, 3.63) is 76.9 Å². The molecule has 36 heavy (non-hydrogen) atoms. The Morgan fingerprint density at radius 3 is 2.28 bits per heavy atom. The molecule has 0 aromatic heterocycles. The summed E-state index contributed by atoms with van der Waals surface area (Å²) in [4.78, 5) is 24.0. The van der Waals surface area contributed by atoms with Crippen molar-refractivity contribution in [1.82, 2.24) is 0 Å². The number of benzene rings is 3. The molecule has 8 nitrogen and oxygen atoms in total. The monoisotopic (exact) mass is 500 g/mol. The second-order valence-corrected chi connectivity index (χ2v) is 7.69. The maximum absolute atomic E-state index is 14.4. The van der Waals surface area contributed by atoms with Crippen molar-refractivity contribution < 1.29 is 37.4 Å². The number of nitrogens with zero attached hydrogens (tertiary/aromatic N) is 3. The molecule has 12 heteroatoms. The number of aromatic hydroxyl groups is 1. The van der Waals surface area contributed by atoms with Gasteiger partial charge in [0, 0.05) is 11.1 Å². The number of rotatable bonds is 5. The molecule has 1 aliphatic heterocycles. The summed E-state index contributed by atoms with van der Waals surface area (Å²) in [5.74, 6) is -9.58. The van der Waals surface area contributed by atoms with Gasteiger partial charge in [-0.15, -0.1) is 0 Å². The number of halogens is 4. The number of para-hydroxylation sites is 1. The zero-order valence-corrected chi connectivity index (χ0v) is 18.6. The fraction of sp³-hybridized carbons (Fsp3) is 0.0833. The van der Waals surface area contributed by atoms with E-state index in [9.17, 15) is 37.4 Å². The highest BCUT2D eigenvalue weighted by atomic mass is 19.2. The topological polar surface area (TPSA) is 115 Å². The minimum atomic E-state index is -1.79. The highest BCUT2D eigenvalue weighted by molar-refractivity contribution is 6.71. The Kier molecular flexibility index (Phi) is 6.19. The first-order chi connectivity index (χ1) is 17.0. The molecular weight excluding hydrogens is 484 g/mol. The smallest absolute Gasteiger partial charge is 0.335 e. The van der Waals surface area contributed by atoms with Gasteiger partial charge in [-0.25, -0.2) is 22.4 Å². The average molecular weight is 500 g/mol. The second-order valence-electron chi connectivity index (χ2n) is 7.69. The minimum Gasteiger partial charge on any atom is -0.505 e. The molecule has 1 aliphatic rings. The summed E-state index contributed by atoms with van der Waals surface area (Å²) in [5, 5.41) is 27.6. The lowest BCUT2D eigenvalue weighted by Gasteiger charge is -2.15. The van der Waals surface area contributed by atoms with Crippen LogP contribution in [-0.2, 0) is 4.79 Å². The maximum Gasteiger partial charge on any atom is 0.335 e. The number of amides is 1. The Balaban J connectivity index is 1.66. The number of hydrazone groups is 2. The van der Waals surface area contributed by atoms with Gasteiger partial charge >= 0.3 is 11.9 Å². The van der Waals surface area contributed by atoms with Crippen LogP contribution in [0.15, 0.2) is 52.7 Å². The molecule has 184 valence electrons. The van der Waals surface area contributed by atoms with Crippen LogP contribution in [0.3, 0.4) is 0 Å². The van der Waals surface area contributed by atoms with E-state index in [2.05, 4.69) is 15.6 Å². The number of phenols is 1. The van der Waals surface area contributed by atoms with E-state index in [-0.39, 0.29) is 33.3 Å². The quantitative estimate of drug-likeness (QED) is 0.201. The number of nitrogens with one attached hydrogen (secondary N) is 1. The lowest BCUT2D eigenvalue weighted by molar-refractivity contribution is -0.112. The standard InChI is InChI=1S/C24H16F4N4O4/c1-10-16(25)18(27)21(19(28)17(10)26)32-23(34)20(11(2)31-32)30-29-15-8-4-7-14(22(15)33)12-5-3-6-13(9-12)24(35)36/h3-9,29,33H,1-2H3,(H,35,36). The number of carboxylic acids is 1. The summed E-state index contributed by atoms with van der Waals surface area (Å²) in [7, 11) is 0. The predicted octanol–water partition coefficient (Wildman–Crippen LogP) is 4.81. The Hall–Kier alpha value is -4.74. The first-order valence-electron chi connectivity index (χ1n) is 10.2. The average Bonchev–Trinajstić information content (AvgIpc) is 3.13. The molecule has 0 spiro atoms. The van der Waals surface area contributed by atoms with Gasteiger partial charge in [-0.1, -0.05) is 24.3 Å². The van der Waals surface area contributed by atoms with Crippen molar-refractivity contribution in [3.8, 4) is 16.9 Å². The van der Waals surface area contributed by atoms with Crippen LogP contribution in [0, 0.1) is 30.2 Å².